The van der Waals surface area contributed by atoms with E-state index in [9.17, 15) is 15.8 Å². The molecule has 3 nitrogen and oxygen atoms in total. The van der Waals surface area contributed by atoms with Crippen LogP contribution < -0.4 is 0 Å². The van der Waals surface area contributed by atoms with E-state index in [1.807, 2.05) is 54.6 Å². The molecule has 2 heterocycles. The van der Waals surface area contributed by atoms with Crippen LogP contribution in [0.4, 0.5) is 0 Å². The first kappa shape index (κ1) is 25.9. The average Bonchev–Trinajstić information content (AvgIpc) is 3.66. The van der Waals surface area contributed by atoms with Crippen LogP contribution in [-0.2, 0) is 0 Å². The van der Waals surface area contributed by atoms with Crippen LogP contribution in [-0.4, -0.2) is 0 Å². The zero-order valence-corrected chi connectivity index (χ0v) is 24.8. The summed E-state index contributed by atoms with van der Waals surface area (Å²) in [5, 5.41) is 35.9. The maximum Gasteiger partial charge on any atom is 0.100 e. The third kappa shape index (κ3) is 3.84. The lowest BCUT2D eigenvalue weighted by molar-refractivity contribution is 1.43. The Morgan fingerprint density at radius 3 is 1.84 bits per heavy atom. The van der Waals surface area contributed by atoms with Crippen molar-refractivity contribution in [2.24, 2.45) is 0 Å². The van der Waals surface area contributed by atoms with E-state index in [2.05, 4.69) is 66.7 Å². The number of rotatable bonds is 3. The van der Waals surface area contributed by atoms with Gasteiger partial charge < -0.3 is 0 Å². The number of nitriles is 3. The minimum Gasteiger partial charge on any atom is -0.192 e. The van der Waals surface area contributed by atoms with Gasteiger partial charge in [-0.1, -0.05) is 78.9 Å². The quantitative estimate of drug-likeness (QED) is 0.205. The van der Waals surface area contributed by atoms with Crippen molar-refractivity contribution < 1.29 is 0 Å². The minimum atomic E-state index is 0.423. The number of hydrogen-bond acceptors (Lipinski definition) is 5. The zero-order valence-electron chi connectivity index (χ0n) is 23.1. The van der Waals surface area contributed by atoms with Crippen molar-refractivity contribution >= 4 is 63.0 Å². The molecule has 0 aliphatic rings. The van der Waals surface area contributed by atoms with Gasteiger partial charge in [0.2, 0.25) is 0 Å². The Morgan fingerprint density at radius 1 is 0.455 bits per heavy atom. The van der Waals surface area contributed by atoms with E-state index in [1.165, 1.54) is 14.8 Å². The van der Waals surface area contributed by atoms with Gasteiger partial charge in [0.1, 0.15) is 12.1 Å². The highest BCUT2D eigenvalue weighted by Gasteiger charge is 2.25. The largest absolute Gasteiger partial charge is 0.192 e. The zero-order chi connectivity index (χ0) is 29.8. The molecule has 0 N–H and O–H groups in total. The van der Waals surface area contributed by atoms with Crippen LogP contribution in [0.3, 0.4) is 0 Å². The Labute approximate surface area is 261 Å². The molecule has 0 saturated carbocycles. The van der Waals surface area contributed by atoms with Crippen molar-refractivity contribution in [2.75, 3.05) is 0 Å². The van der Waals surface area contributed by atoms with Gasteiger partial charge in [-0.2, -0.15) is 15.8 Å². The molecule has 0 aliphatic carbocycles. The fraction of sp³-hybridized carbons (Fsp3) is 0. The lowest BCUT2D eigenvalue weighted by atomic mass is 9.83. The molecule has 8 aromatic rings. The van der Waals surface area contributed by atoms with Crippen LogP contribution in [0.2, 0.25) is 0 Å². The van der Waals surface area contributed by atoms with Crippen molar-refractivity contribution in [3.63, 3.8) is 0 Å². The van der Waals surface area contributed by atoms with Crippen molar-refractivity contribution in [3.8, 4) is 51.6 Å². The number of benzene rings is 6. The standard InChI is InChI=1S/C39H19N3S2/c40-20-23-8-5-9-24(18-23)37-32(21-41)30(26-12-7-17-36-38(26)29-11-2-4-16-35(29)43-36)19-31(33(37)22-42)28-14-6-13-27-25-10-1-3-15-34(25)44-39(27)28/h1-19H. The maximum atomic E-state index is 10.8. The van der Waals surface area contributed by atoms with E-state index in [0.717, 1.165) is 47.8 Å². The van der Waals surface area contributed by atoms with Gasteiger partial charge in [0.25, 0.3) is 0 Å². The summed E-state index contributed by atoms with van der Waals surface area (Å²) in [6.07, 6.45) is 0. The molecule has 0 atom stereocenters. The summed E-state index contributed by atoms with van der Waals surface area (Å²) < 4.78 is 4.59. The monoisotopic (exact) mass is 593 g/mol. The summed E-state index contributed by atoms with van der Waals surface area (Å²) in [6, 6.07) is 45.6. The second-order valence-corrected chi connectivity index (χ2v) is 12.7. The summed E-state index contributed by atoms with van der Waals surface area (Å²) in [4.78, 5) is 0. The van der Waals surface area contributed by atoms with Gasteiger partial charge in [-0.15, -0.1) is 22.7 Å². The second kappa shape index (κ2) is 10.2. The van der Waals surface area contributed by atoms with E-state index in [4.69, 9.17) is 0 Å². The topological polar surface area (TPSA) is 71.4 Å². The SMILES string of the molecule is N#Cc1cccc(-c2c(C#N)c(-c3cccc4c3sc3ccccc34)cc(-c3cccc4sc5ccccc5c34)c2C#N)c1. The average molecular weight is 594 g/mol. The Bertz CT molecular complexity index is 2600. The van der Waals surface area contributed by atoms with Crippen LogP contribution in [0, 0.1) is 34.0 Å². The summed E-state index contributed by atoms with van der Waals surface area (Å²) in [5.74, 6) is 0. The third-order valence-electron chi connectivity index (χ3n) is 8.22. The Kier molecular flexibility index (Phi) is 6.00. The molecular formula is C39H19N3S2. The van der Waals surface area contributed by atoms with Crippen molar-refractivity contribution in [1.82, 2.24) is 0 Å². The Morgan fingerprint density at radius 2 is 1.07 bits per heavy atom. The highest BCUT2D eigenvalue weighted by molar-refractivity contribution is 7.26. The Balaban J connectivity index is 1.56. The van der Waals surface area contributed by atoms with Gasteiger partial charge >= 0.3 is 0 Å². The molecule has 6 aromatic carbocycles. The summed E-state index contributed by atoms with van der Waals surface area (Å²) in [7, 11) is 0. The molecule has 0 saturated heterocycles. The second-order valence-electron chi connectivity index (χ2n) is 10.6. The smallest absolute Gasteiger partial charge is 0.100 e. The highest BCUT2D eigenvalue weighted by Crippen LogP contribution is 2.48. The van der Waals surface area contributed by atoms with E-state index in [-0.39, 0.29) is 0 Å². The fourth-order valence-corrected chi connectivity index (χ4v) is 8.69. The van der Waals surface area contributed by atoms with Crippen LogP contribution in [0.1, 0.15) is 16.7 Å². The predicted octanol–water partition coefficient (Wildman–Crippen LogP) is 11.0. The number of nitrogens with zero attached hydrogens (tertiary/aromatic N) is 3. The van der Waals surface area contributed by atoms with Gasteiger partial charge in [-0.3, -0.25) is 0 Å². The van der Waals surface area contributed by atoms with Crippen LogP contribution in [0.15, 0.2) is 115 Å². The molecule has 0 fully saturated rings. The van der Waals surface area contributed by atoms with Crippen LogP contribution in [0.25, 0.3) is 73.7 Å². The molecule has 0 unspecified atom stereocenters. The normalized spacial score (nSPS) is 11.1. The predicted molar refractivity (Wildman–Crippen MR) is 183 cm³/mol. The van der Waals surface area contributed by atoms with Gasteiger partial charge in [0.05, 0.1) is 22.8 Å². The molecule has 0 spiro atoms. The Hall–Kier alpha value is -5.77. The molecule has 0 amide bonds. The molecule has 5 heteroatoms. The number of thiophene rings is 2. The van der Waals surface area contributed by atoms with E-state index < -0.39 is 0 Å². The molecule has 8 rings (SSSR count). The van der Waals surface area contributed by atoms with Crippen molar-refractivity contribution in [1.29, 1.82) is 15.8 Å². The first-order chi connectivity index (χ1) is 21.7. The number of fused-ring (bicyclic) bond motifs is 6. The summed E-state index contributed by atoms with van der Waals surface area (Å²) in [6.45, 7) is 0. The third-order valence-corrected chi connectivity index (χ3v) is 10.6. The van der Waals surface area contributed by atoms with Crippen molar-refractivity contribution in [3.05, 3.63) is 132 Å². The lowest BCUT2D eigenvalue weighted by Gasteiger charge is -2.18. The van der Waals surface area contributed by atoms with Crippen LogP contribution >= 0.6 is 22.7 Å². The van der Waals surface area contributed by atoms with Crippen molar-refractivity contribution in [2.45, 2.75) is 0 Å². The van der Waals surface area contributed by atoms with E-state index >= 15 is 0 Å². The molecule has 0 bridgehead atoms. The molecule has 0 radical (unpaired) electrons. The van der Waals surface area contributed by atoms with Gasteiger partial charge in [0.15, 0.2) is 0 Å². The molecular weight excluding hydrogens is 575 g/mol. The fourth-order valence-electron chi connectivity index (χ4n) is 6.33. The summed E-state index contributed by atoms with van der Waals surface area (Å²) in [5.41, 5.74) is 5.98. The van der Waals surface area contributed by atoms with Crippen LogP contribution in [0.5, 0.6) is 0 Å². The maximum absolute atomic E-state index is 10.8. The van der Waals surface area contributed by atoms with Gasteiger partial charge in [0, 0.05) is 62.6 Å². The number of hydrogen-bond donors (Lipinski definition) is 0. The van der Waals surface area contributed by atoms with Gasteiger partial charge in [-0.05, 0) is 47.5 Å². The minimum absolute atomic E-state index is 0.423. The van der Waals surface area contributed by atoms with E-state index in [1.54, 1.807) is 34.8 Å². The summed E-state index contributed by atoms with van der Waals surface area (Å²) >= 11 is 3.44. The van der Waals surface area contributed by atoms with Gasteiger partial charge in [-0.25, -0.2) is 0 Å². The molecule has 202 valence electrons. The highest BCUT2D eigenvalue weighted by atomic mass is 32.1. The van der Waals surface area contributed by atoms with E-state index in [0.29, 0.717) is 27.8 Å². The molecule has 0 aliphatic heterocycles. The molecule has 44 heavy (non-hydrogen) atoms. The lowest BCUT2D eigenvalue weighted by Crippen LogP contribution is -1.99. The first-order valence-corrected chi connectivity index (χ1v) is 15.7. The molecule has 2 aromatic heterocycles. The first-order valence-electron chi connectivity index (χ1n) is 14.0.